The standard InChI is InChI=1S/C15H19N3O3S/c1-11-15(12(2)17-16-11)22(19,20)18-8-9-21-14(10-18)13-6-4-3-5-7-13/h3-7,14H,8-10H2,1-2H3,(H,16,17)/t14-/m0/s1. The van der Waals surface area contributed by atoms with Gasteiger partial charge in [0.15, 0.2) is 0 Å². The van der Waals surface area contributed by atoms with E-state index in [1.807, 2.05) is 30.3 Å². The van der Waals surface area contributed by atoms with E-state index >= 15 is 0 Å². The third-order valence-corrected chi connectivity index (χ3v) is 5.99. The lowest BCUT2D eigenvalue weighted by Crippen LogP contribution is -2.42. The van der Waals surface area contributed by atoms with E-state index in [0.29, 0.717) is 31.1 Å². The normalized spacial score (nSPS) is 20.2. The number of H-pyrrole nitrogens is 1. The first-order valence-corrected chi connectivity index (χ1v) is 8.62. The summed E-state index contributed by atoms with van der Waals surface area (Å²) < 4.78 is 33.0. The van der Waals surface area contributed by atoms with E-state index in [0.717, 1.165) is 5.56 Å². The van der Waals surface area contributed by atoms with E-state index in [1.54, 1.807) is 13.8 Å². The quantitative estimate of drug-likeness (QED) is 0.935. The SMILES string of the molecule is Cc1n[nH]c(C)c1S(=O)(=O)N1CCO[C@H](c2ccccc2)C1. The van der Waals surface area contributed by atoms with Crippen LogP contribution in [0.1, 0.15) is 23.1 Å². The van der Waals surface area contributed by atoms with Gasteiger partial charge in [0, 0.05) is 13.1 Å². The number of hydrogen-bond acceptors (Lipinski definition) is 4. The van der Waals surface area contributed by atoms with E-state index in [-0.39, 0.29) is 11.0 Å². The van der Waals surface area contributed by atoms with Crippen LogP contribution in [-0.4, -0.2) is 42.6 Å². The highest BCUT2D eigenvalue weighted by atomic mass is 32.2. The maximum Gasteiger partial charge on any atom is 0.246 e. The summed E-state index contributed by atoms with van der Waals surface area (Å²) in [5.74, 6) is 0. The van der Waals surface area contributed by atoms with Crippen LogP contribution in [0.25, 0.3) is 0 Å². The molecule has 7 heteroatoms. The molecule has 0 saturated carbocycles. The lowest BCUT2D eigenvalue weighted by molar-refractivity contribution is -0.00257. The molecule has 2 aromatic rings. The highest BCUT2D eigenvalue weighted by Gasteiger charge is 2.34. The zero-order chi connectivity index (χ0) is 15.7. The van der Waals surface area contributed by atoms with Crippen LogP contribution >= 0.6 is 0 Å². The monoisotopic (exact) mass is 321 g/mol. The zero-order valence-electron chi connectivity index (χ0n) is 12.6. The highest BCUT2D eigenvalue weighted by molar-refractivity contribution is 7.89. The maximum absolute atomic E-state index is 12.9. The molecule has 1 aromatic heterocycles. The minimum absolute atomic E-state index is 0.239. The molecule has 2 heterocycles. The lowest BCUT2D eigenvalue weighted by Gasteiger charge is -2.32. The van der Waals surface area contributed by atoms with E-state index in [2.05, 4.69) is 10.2 Å². The van der Waals surface area contributed by atoms with Gasteiger partial charge in [0.2, 0.25) is 10.0 Å². The Kier molecular flexibility index (Phi) is 4.03. The molecule has 1 aliphatic heterocycles. The Morgan fingerprint density at radius 2 is 2.00 bits per heavy atom. The van der Waals surface area contributed by atoms with Crippen LogP contribution in [-0.2, 0) is 14.8 Å². The fourth-order valence-electron chi connectivity index (χ4n) is 2.76. The minimum atomic E-state index is -3.56. The Labute approximate surface area is 130 Å². The van der Waals surface area contributed by atoms with E-state index in [1.165, 1.54) is 4.31 Å². The number of nitrogens with one attached hydrogen (secondary N) is 1. The molecule has 1 atom stereocenters. The molecule has 0 aliphatic carbocycles. The first-order chi connectivity index (χ1) is 10.5. The second-order valence-corrected chi connectivity index (χ2v) is 7.27. The highest BCUT2D eigenvalue weighted by Crippen LogP contribution is 2.28. The Morgan fingerprint density at radius 3 is 2.64 bits per heavy atom. The smallest absolute Gasteiger partial charge is 0.246 e. The van der Waals surface area contributed by atoms with E-state index in [9.17, 15) is 8.42 Å². The summed E-state index contributed by atoms with van der Waals surface area (Å²) in [6.07, 6.45) is -0.239. The molecule has 1 saturated heterocycles. The molecular formula is C15H19N3O3S. The average Bonchev–Trinajstić information content (AvgIpc) is 2.88. The fraction of sp³-hybridized carbons (Fsp3) is 0.400. The van der Waals surface area contributed by atoms with Gasteiger partial charge in [-0.2, -0.15) is 9.40 Å². The van der Waals surface area contributed by atoms with Crippen molar-refractivity contribution >= 4 is 10.0 Å². The van der Waals surface area contributed by atoms with Crippen LogP contribution in [0.2, 0.25) is 0 Å². The number of rotatable bonds is 3. The number of aryl methyl sites for hydroxylation is 2. The van der Waals surface area contributed by atoms with Crippen LogP contribution in [0, 0.1) is 13.8 Å². The first kappa shape index (κ1) is 15.2. The molecule has 0 spiro atoms. The van der Waals surface area contributed by atoms with Gasteiger partial charge in [0.1, 0.15) is 4.90 Å². The van der Waals surface area contributed by atoms with Crippen LogP contribution < -0.4 is 0 Å². The van der Waals surface area contributed by atoms with Crippen molar-refractivity contribution in [2.24, 2.45) is 0 Å². The van der Waals surface area contributed by atoms with Gasteiger partial charge in [-0.05, 0) is 19.4 Å². The third-order valence-electron chi connectivity index (χ3n) is 3.86. The van der Waals surface area contributed by atoms with Crippen molar-refractivity contribution in [1.29, 1.82) is 0 Å². The molecule has 0 bridgehead atoms. The molecule has 3 rings (SSSR count). The molecule has 22 heavy (non-hydrogen) atoms. The topological polar surface area (TPSA) is 75.3 Å². The number of benzene rings is 1. The Morgan fingerprint density at radius 1 is 1.27 bits per heavy atom. The van der Waals surface area contributed by atoms with Crippen molar-refractivity contribution in [3.8, 4) is 0 Å². The molecule has 6 nitrogen and oxygen atoms in total. The molecule has 0 amide bonds. The van der Waals surface area contributed by atoms with Crippen LogP contribution in [0.3, 0.4) is 0 Å². The number of morpholine rings is 1. The number of ether oxygens (including phenoxy) is 1. The molecule has 118 valence electrons. The van der Waals surface area contributed by atoms with Crippen molar-refractivity contribution in [3.05, 3.63) is 47.3 Å². The van der Waals surface area contributed by atoms with Gasteiger partial charge in [0.25, 0.3) is 0 Å². The van der Waals surface area contributed by atoms with Crippen molar-refractivity contribution in [1.82, 2.24) is 14.5 Å². The summed E-state index contributed by atoms with van der Waals surface area (Å²) in [6.45, 7) is 4.48. The molecule has 0 radical (unpaired) electrons. The Balaban J connectivity index is 1.89. The van der Waals surface area contributed by atoms with Crippen molar-refractivity contribution in [2.45, 2.75) is 24.8 Å². The van der Waals surface area contributed by atoms with Gasteiger partial charge >= 0.3 is 0 Å². The van der Waals surface area contributed by atoms with Gasteiger partial charge in [-0.25, -0.2) is 8.42 Å². The molecule has 1 fully saturated rings. The minimum Gasteiger partial charge on any atom is -0.371 e. The van der Waals surface area contributed by atoms with Gasteiger partial charge in [-0.15, -0.1) is 0 Å². The van der Waals surface area contributed by atoms with Crippen molar-refractivity contribution < 1.29 is 13.2 Å². The molecular weight excluding hydrogens is 302 g/mol. The largest absolute Gasteiger partial charge is 0.371 e. The van der Waals surface area contributed by atoms with Crippen LogP contribution in [0.15, 0.2) is 35.2 Å². The van der Waals surface area contributed by atoms with Crippen molar-refractivity contribution in [3.63, 3.8) is 0 Å². The van der Waals surface area contributed by atoms with Gasteiger partial charge in [-0.1, -0.05) is 30.3 Å². The zero-order valence-corrected chi connectivity index (χ0v) is 13.4. The molecule has 0 unspecified atom stereocenters. The number of aromatic nitrogens is 2. The summed E-state index contributed by atoms with van der Waals surface area (Å²) >= 11 is 0. The summed E-state index contributed by atoms with van der Waals surface area (Å²) in [4.78, 5) is 0.279. The average molecular weight is 321 g/mol. The lowest BCUT2D eigenvalue weighted by atomic mass is 10.1. The van der Waals surface area contributed by atoms with Crippen LogP contribution in [0.5, 0.6) is 0 Å². The summed E-state index contributed by atoms with van der Waals surface area (Å²) in [6, 6.07) is 9.69. The number of hydrogen-bond donors (Lipinski definition) is 1. The Hall–Kier alpha value is -1.70. The van der Waals surface area contributed by atoms with E-state index in [4.69, 9.17) is 4.74 Å². The van der Waals surface area contributed by atoms with Gasteiger partial charge < -0.3 is 4.74 Å². The van der Waals surface area contributed by atoms with Gasteiger partial charge in [-0.3, -0.25) is 5.10 Å². The first-order valence-electron chi connectivity index (χ1n) is 7.18. The number of sulfonamides is 1. The number of aromatic amines is 1. The van der Waals surface area contributed by atoms with Crippen LogP contribution in [0.4, 0.5) is 0 Å². The summed E-state index contributed by atoms with van der Waals surface area (Å²) in [5, 5.41) is 6.73. The third kappa shape index (κ3) is 2.67. The predicted molar refractivity (Wildman–Crippen MR) is 82.0 cm³/mol. The van der Waals surface area contributed by atoms with E-state index < -0.39 is 10.0 Å². The fourth-order valence-corrected chi connectivity index (χ4v) is 4.52. The summed E-state index contributed by atoms with van der Waals surface area (Å²) in [5.41, 5.74) is 2.06. The summed E-state index contributed by atoms with van der Waals surface area (Å²) in [7, 11) is -3.56. The van der Waals surface area contributed by atoms with Gasteiger partial charge in [0.05, 0.1) is 24.1 Å². The predicted octanol–water partition coefficient (Wildman–Crippen LogP) is 1.79. The Bertz CT molecular complexity index is 736. The second kappa shape index (κ2) is 5.83. The second-order valence-electron chi connectivity index (χ2n) is 5.40. The van der Waals surface area contributed by atoms with Crippen molar-refractivity contribution in [2.75, 3.05) is 19.7 Å². The molecule has 1 aliphatic rings. The molecule has 1 aromatic carbocycles. The number of nitrogens with zero attached hydrogens (tertiary/aromatic N) is 2. The molecule has 1 N–H and O–H groups in total. The maximum atomic E-state index is 12.9.